The second kappa shape index (κ2) is 4.24. The summed E-state index contributed by atoms with van der Waals surface area (Å²) in [4.78, 5) is 0. The standard InChI is InChI=1S/C9H8BrClF/c1-6(5-12)8-4-7(10)2-3-9(8)11/h2-4H,5H2,1H3. The van der Waals surface area contributed by atoms with E-state index in [0.29, 0.717) is 10.9 Å². The molecule has 0 aliphatic heterocycles. The van der Waals surface area contributed by atoms with Gasteiger partial charge in [-0.25, -0.2) is 0 Å². The molecule has 0 saturated carbocycles. The van der Waals surface area contributed by atoms with Crippen LogP contribution in [0.3, 0.4) is 0 Å². The highest BCUT2D eigenvalue weighted by Gasteiger charge is 2.09. The molecule has 0 N–H and O–H groups in total. The van der Waals surface area contributed by atoms with Gasteiger partial charge in [-0.2, -0.15) is 0 Å². The van der Waals surface area contributed by atoms with Gasteiger partial charge in [-0.05, 0) is 23.8 Å². The fourth-order valence-electron chi connectivity index (χ4n) is 0.897. The molecule has 1 aromatic carbocycles. The van der Waals surface area contributed by atoms with E-state index in [1.54, 1.807) is 13.0 Å². The Hall–Kier alpha value is -0.0800. The van der Waals surface area contributed by atoms with Crippen LogP contribution < -0.4 is 0 Å². The first-order chi connectivity index (χ1) is 5.65. The second-order valence-corrected chi connectivity index (χ2v) is 3.86. The summed E-state index contributed by atoms with van der Waals surface area (Å²) in [7, 11) is 0. The van der Waals surface area contributed by atoms with Crippen molar-refractivity contribution in [2.75, 3.05) is 6.67 Å². The Kier molecular flexibility index (Phi) is 3.53. The summed E-state index contributed by atoms with van der Waals surface area (Å²) in [6.07, 6.45) is 0. The van der Waals surface area contributed by atoms with Crippen LogP contribution in [0.2, 0.25) is 5.02 Å². The van der Waals surface area contributed by atoms with Gasteiger partial charge in [0.15, 0.2) is 0 Å². The SMILES string of the molecule is C[C](CF)c1cc(Br)ccc1Cl. The van der Waals surface area contributed by atoms with Crippen LogP contribution in [0.15, 0.2) is 22.7 Å². The third-order valence-electron chi connectivity index (χ3n) is 1.59. The van der Waals surface area contributed by atoms with E-state index in [1.165, 1.54) is 0 Å². The van der Waals surface area contributed by atoms with Crippen LogP contribution in [-0.4, -0.2) is 6.67 Å². The Labute approximate surface area is 84.9 Å². The number of halogens is 3. The van der Waals surface area contributed by atoms with Gasteiger partial charge in [-0.1, -0.05) is 34.5 Å². The lowest BCUT2D eigenvalue weighted by molar-refractivity contribution is 0.516. The number of hydrogen-bond donors (Lipinski definition) is 0. The number of alkyl halides is 1. The molecule has 0 saturated heterocycles. The van der Waals surface area contributed by atoms with Crippen molar-refractivity contribution in [1.29, 1.82) is 0 Å². The van der Waals surface area contributed by atoms with Crippen LogP contribution in [-0.2, 0) is 0 Å². The lowest BCUT2D eigenvalue weighted by atomic mass is 10.0. The fourth-order valence-corrected chi connectivity index (χ4v) is 1.54. The Bertz CT molecular complexity index is 275. The van der Waals surface area contributed by atoms with Crippen molar-refractivity contribution >= 4 is 27.5 Å². The minimum absolute atomic E-state index is 0.462. The van der Waals surface area contributed by atoms with Crippen molar-refractivity contribution < 1.29 is 4.39 Å². The van der Waals surface area contributed by atoms with Gasteiger partial charge in [-0.3, -0.25) is 4.39 Å². The molecule has 0 aromatic heterocycles. The molecule has 0 heterocycles. The number of hydrogen-bond acceptors (Lipinski definition) is 0. The van der Waals surface area contributed by atoms with E-state index in [1.807, 2.05) is 12.1 Å². The molecule has 1 aromatic rings. The first-order valence-corrected chi connectivity index (χ1v) is 4.66. The molecule has 3 heteroatoms. The highest BCUT2D eigenvalue weighted by molar-refractivity contribution is 9.10. The molecule has 65 valence electrons. The minimum Gasteiger partial charge on any atom is -0.250 e. The van der Waals surface area contributed by atoms with Crippen LogP contribution >= 0.6 is 27.5 Å². The Balaban J connectivity index is 3.04. The van der Waals surface area contributed by atoms with Gasteiger partial charge in [0.25, 0.3) is 0 Å². The molecule has 0 amide bonds. The van der Waals surface area contributed by atoms with E-state index in [9.17, 15) is 4.39 Å². The average Bonchev–Trinajstić information content (AvgIpc) is 2.08. The van der Waals surface area contributed by atoms with Gasteiger partial charge >= 0.3 is 0 Å². The Morgan fingerprint density at radius 2 is 2.25 bits per heavy atom. The summed E-state index contributed by atoms with van der Waals surface area (Å²) >= 11 is 9.16. The molecular weight excluding hydrogens is 242 g/mol. The largest absolute Gasteiger partial charge is 0.250 e. The van der Waals surface area contributed by atoms with Gasteiger partial charge in [0.05, 0.1) is 6.67 Å². The van der Waals surface area contributed by atoms with Crippen LogP contribution in [0.25, 0.3) is 0 Å². The maximum absolute atomic E-state index is 12.3. The minimum atomic E-state index is -0.462. The first kappa shape index (κ1) is 10.0. The number of rotatable bonds is 2. The summed E-state index contributed by atoms with van der Waals surface area (Å²) in [5, 5.41) is 0.591. The zero-order chi connectivity index (χ0) is 9.14. The first-order valence-electron chi connectivity index (χ1n) is 3.49. The monoisotopic (exact) mass is 249 g/mol. The van der Waals surface area contributed by atoms with E-state index in [0.717, 1.165) is 10.0 Å². The molecule has 1 radical (unpaired) electrons. The van der Waals surface area contributed by atoms with Crippen molar-refractivity contribution in [2.24, 2.45) is 0 Å². The van der Waals surface area contributed by atoms with Gasteiger partial charge < -0.3 is 0 Å². The van der Waals surface area contributed by atoms with Crippen LogP contribution in [0.1, 0.15) is 12.5 Å². The zero-order valence-corrected chi connectivity index (χ0v) is 8.91. The summed E-state index contributed by atoms with van der Waals surface area (Å²) in [5.41, 5.74) is 0.772. The van der Waals surface area contributed by atoms with Crippen molar-refractivity contribution in [1.82, 2.24) is 0 Å². The summed E-state index contributed by atoms with van der Waals surface area (Å²) in [6.45, 7) is 1.27. The second-order valence-electron chi connectivity index (χ2n) is 2.54. The summed E-state index contributed by atoms with van der Waals surface area (Å²) < 4.78 is 13.2. The van der Waals surface area contributed by atoms with E-state index in [4.69, 9.17) is 11.6 Å². The maximum atomic E-state index is 12.3. The van der Waals surface area contributed by atoms with E-state index < -0.39 is 6.67 Å². The van der Waals surface area contributed by atoms with Gasteiger partial charge in [0, 0.05) is 15.4 Å². The van der Waals surface area contributed by atoms with Crippen molar-refractivity contribution in [2.45, 2.75) is 6.92 Å². The molecule has 0 aliphatic rings. The molecule has 0 nitrogen and oxygen atoms in total. The normalized spacial score (nSPS) is 10.8. The molecule has 0 aliphatic carbocycles. The third-order valence-corrected chi connectivity index (χ3v) is 2.41. The predicted molar refractivity (Wildman–Crippen MR) is 53.1 cm³/mol. The van der Waals surface area contributed by atoms with E-state index in [2.05, 4.69) is 15.9 Å². The lowest BCUT2D eigenvalue weighted by Crippen LogP contribution is -1.97. The van der Waals surface area contributed by atoms with Gasteiger partial charge in [-0.15, -0.1) is 0 Å². The topological polar surface area (TPSA) is 0 Å². The molecular formula is C9H8BrClF. The predicted octanol–water partition coefficient (Wildman–Crippen LogP) is 4.01. The van der Waals surface area contributed by atoms with Crippen molar-refractivity contribution in [3.63, 3.8) is 0 Å². The Morgan fingerprint density at radius 3 is 2.83 bits per heavy atom. The molecule has 0 fully saturated rings. The van der Waals surface area contributed by atoms with Crippen molar-refractivity contribution in [3.8, 4) is 0 Å². The van der Waals surface area contributed by atoms with Gasteiger partial charge in [0.1, 0.15) is 0 Å². The molecule has 0 bridgehead atoms. The smallest absolute Gasteiger partial charge is 0.0998 e. The third kappa shape index (κ3) is 2.20. The van der Waals surface area contributed by atoms with Crippen LogP contribution in [0.5, 0.6) is 0 Å². The summed E-state index contributed by atoms with van der Waals surface area (Å²) in [6, 6.07) is 5.40. The highest BCUT2D eigenvalue weighted by atomic mass is 79.9. The zero-order valence-electron chi connectivity index (χ0n) is 6.57. The number of benzene rings is 1. The highest BCUT2D eigenvalue weighted by Crippen LogP contribution is 2.27. The van der Waals surface area contributed by atoms with Crippen molar-refractivity contribution in [3.05, 3.63) is 39.2 Å². The maximum Gasteiger partial charge on any atom is 0.0998 e. The molecule has 12 heavy (non-hydrogen) atoms. The molecule has 1 rings (SSSR count). The quantitative estimate of drug-likeness (QED) is 0.744. The Morgan fingerprint density at radius 1 is 1.58 bits per heavy atom. The van der Waals surface area contributed by atoms with E-state index >= 15 is 0 Å². The van der Waals surface area contributed by atoms with Crippen LogP contribution in [0, 0.1) is 5.92 Å². The summed E-state index contributed by atoms with van der Waals surface area (Å²) in [5.74, 6) is 0.654. The van der Waals surface area contributed by atoms with Crippen LogP contribution in [0.4, 0.5) is 4.39 Å². The molecule has 0 unspecified atom stereocenters. The average molecular weight is 251 g/mol. The molecule has 0 atom stereocenters. The molecule has 0 spiro atoms. The lowest BCUT2D eigenvalue weighted by Gasteiger charge is -2.08. The fraction of sp³-hybridized carbons (Fsp3) is 0.222. The van der Waals surface area contributed by atoms with E-state index in [-0.39, 0.29) is 0 Å². The van der Waals surface area contributed by atoms with Gasteiger partial charge in [0.2, 0.25) is 0 Å².